The van der Waals surface area contributed by atoms with E-state index in [9.17, 15) is 22.8 Å². The highest BCUT2D eigenvalue weighted by Gasteiger charge is 2.34. The molecule has 1 amide bonds. The number of carbonyl (C=O) groups excluding carboxylic acids is 1. The molecular weight excluding hydrogens is 491 g/mol. The maximum Gasteiger partial charge on any atom is 0.416 e. The number of alkyl halides is 3. The van der Waals surface area contributed by atoms with E-state index in [1.165, 1.54) is 33.9 Å². The molecule has 0 saturated carbocycles. The second-order valence-electron chi connectivity index (χ2n) is 8.58. The summed E-state index contributed by atoms with van der Waals surface area (Å²) in [6, 6.07) is 11.9. The van der Waals surface area contributed by atoms with Crippen molar-refractivity contribution in [2.75, 3.05) is 6.54 Å². The molecule has 5 rings (SSSR count). The Morgan fingerprint density at radius 2 is 1.86 bits per heavy atom. The van der Waals surface area contributed by atoms with E-state index in [1.807, 2.05) is 6.07 Å². The number of aromatic nitrogens is 4. The molecule has 2 atom stereocenters. The van der Waals surface area contributed by atoms with Gasteiger partial charge in [0.2, 0.25) is 6.10 Å². The van der Waals surface area contributed by atoms with E-state index in [1.54, 1.807) is 25.1 Å². The molecule has 0 fully saturated rings. The van der Waals surface area contributed by atoms with Crippen molar-refractivity contribution < 1.29 is 27.4 Å². The summed E-state index contributed by atoms with van der Waals surface area (Å²) >= 11 is 0. The van der Waals surface area contributed by atoms with Gasteiger partial charge < -0.3 is 14.8 Å². The van der Waals surface area contributed by atoms with Gasteiger partial charge in [-0.15, -0.1) is 0 Å². The van der Waals surface area contributed by atoms with Crippen LogP contribution in [-0.4, -0.2) is 44.0 Å². The van der Waals surface area contributed by atoms with Crippen LogP contribution in [0.15, 0.2) is 65.8 Å². The van der Waals surface area contributed by atoms with Gasteiger partial charge in [0.05, 0.1) is 24.8 Å². The third-order valence-electron chi connectivity index (χ3n) is 5.95. The lowest BCUT2D eigenvalue weighted by molar-refractivity contribution is -0.137. The highest BCUT2D eigenvalue weighted by atomic mass is 19.4. The molecule has 9 nitrogen and oxygen atoms in total. The van der Waals surface area contributed by atoms with E-state index in [-0.39, 0.29) is 30.9 Å². The van der Waals surface area contributed by atoms with Gasteiger partial charge in [0, 0.05) is 6.54 Å². The molecule has 0 bridgehead atoms. The number of amides is 1. The van der Waals surface area contributed by atoms with Crippen molar-refractivity contribution in [3.63, 3.8) is 0 Å². The molecule has 1 N–H and O–H groups in total. The molecule has 1 aliphatic heterocycles. The van der Waals surface area contributed by atoms with E-state index in [0.717, 1.165) is 12.1 Å². The second kappa shape index (κ2) is 9.60. The molecule has 0 spiro atoms. The Bertz CT molecular complexity index is 1510. The predicted octanol–water partition coefficient (Wildman–Crippen LogP) is 3.00. The van der Waals surface area contributed by atoms with Crippen LogP contribution in [0.1, 0.15) is 18.1 Å². The first-order valence-corrected chi connectivity index (χ1v) is 11.5. The van der Waals surface area contributed by atoms with Crippen LogP contribution in [0.3, 0.4) is 0 Å². The number of benzene rings is 2. The minimum atomic E-state index is -4.47. The Morgan fingerprint density at radius 1 is 1.11 bits per heavy atom. The van der Waals surface area contributed by atoms with Crippen molar-refractivity contribution in [2.24, 2.45) is 0 Å². The first kappa shape index (κ1) is 24.3. The number of ether oxygens (including phenoxy) is 2. The molecule has 2 unspecified atom stereocenters. The first-order valence-electron chi connectivity index (χ1n) is 11.5. The number of hydrogen-bond acceptors (Lipinski definition) is 6. The van der Waals surface area contributed by atoms with E-state index >= 15 is 0 Å². The number of nitrogens with one attached hydrogen (secondary N) is 1. The summed E-state index contributed by atoms with van der Waals surface area (Å²) in [6.07, 6.45) is -3.17. The van der Waals surface area contributed by atoms with E-state index in [0.29, 0.717) is 22.7 Å². The Labute approximate surface area is 208 Å². The van der Waals surface area contributed by atoms with Crippen molar-refractivity contribution in [1.29, 1.82) is 0 Å². The van der Waals surface area contributed by atoms with Crippen LogP contribution in [0, 0.1) is 0 Å². The van der Waals surface area contributed by atoms with Gasteiger partial charge in [-0.25, -0.2) is 9.67 Å². The maximum atomic E-state index is 13.0. The number of para-hydroxylation sites is 2. The van der Waals surface area contributed by atoms with Crippen LogP contribution < -0.4 is 20.3 Å². The fourth-order valence-corrected chi connectivity index (χ4v) is 4.11. The fourth-order valence-electron chi connectivity index (χ4n) is 4.11. The Morgan fingerprint density at radius 3 is 2.62 bits per heavy atom. The predicted molar refractivity (Wildman–Crippen MR) is 126 cm³/mol. The Balaban J connectivity index is 1.24. The zero-order chi connectivity index (χ0) is 26.2. The Hall–Kier alpha value is -4.35. The number of hydrogen-bond donors (Lipinski definition) is 1. The van der Waals surface area contributed by atoms with Gasteiger partial charge in [0.1, 0.15) is 17.8 Å². The van der Waals surface area contributed by atoms with Crippen molar-refractivity contribution in [1.82, 2.24) is 24.6 Å². The molecule has 192 valence electrons. The molecule has 4 aromatic rings. The normalized spacial score (nSPS) is 17.1. The summed E-state index contributed by atoms with van der Waals surface area (Å²) < 4.78 is 53.3. The average Bonchev–Trinajstić information content (AvgIpc) is 3.28. The SMILES string of the molecule is CC1Oc2ccccc2OC1C(=O)NCCn1ncc2c(=O)n(Cc3cccc(C(F)(F)F)c3)cnc21. The van der Waals surface area contributed by atoms with Crippen LogP contribution in [0.5, 0.6) is 11.5 Å². The summed E-state index contributed by atoms with van der Waals surface area (Å²) in [5.41, 5.74) is -0.596. The highest BCUT2D eigenvalue weighted by Crippen LogP contribution is 2.33. The van der Waals surface area contributed by atoms with Gasteiger partial charge in [0.15, 0.2) is 17.1 Å². The van der Waals surface area contributed by atoms with Gasteiger partial charge in [0.25, 0.3) is 11.5 Å². The summed E-state index contributed by atoms with van der Waals surface area (Å²) in [6.45, 7) is 2.10. The molecule has 37 heavy (non-hydrogen) atoms. The van der Waals surface area contributed by atoms with Crippen molar-refractivity contribution in [2.45, 2.75) is 38.4 Å². The number of fused-ring (bicyclic) bond motifs is 2. The van der Waals surface area contributed by atoms with Crippen LogP contribution in [0.4, 0.5) is 13.2 Å². The molecule has 2 aromatic heterocycles. The highest BCUT2D eigenvalue weighted by molar-refractivity contribution is 5.82. The molecule has 0 aliphatic carbocycles. The third kappa shape index (κ3) is 4.99. The van der Waals surface area contributed by atoms with Crippen molar-refractivity contribution >= 4 is 16.9 Å². The maximum absolute atomic E-state index is 13.0. The quantitative estimate of drug-likeness (QED) is 0.426. The van der Waals surface area contributed by atoms with Crippen molar-refractivity contribution in [3.05, 3.63) is 82.5 Å². The van der Waals surface area contributed by atoms with Crippen molar-refractivity contribution in [3.8, 4) is 11.5 Å². The zero-order valence-corrected chi connectivity index (χ0v) is 19.6. The number of halogens is 3. The largest absolute Gasteiger partial charge is 0.482 e. The van der Waals surface area contributed by atoms with Gasteiger partial charge in [-0.05, 0) is 36.8 Å². The number of rotatable bonds is 6. The summed E-state index contributed by atoms with van der Waals surface area (Å²) in [5.74, 6) is 0.714. The average molecular weight is 513 g/mol. The minimum absolute atomic E-state index is 0.0717. The lowest BCUT2D eigenvalue weighted by atomic mass is 10.1. The first-order chi connectivity index (χ1) is 17.7. The van der Waals surface area contributed by atoms with E-state index < -0.39 is 29.5 Å². The van der Waals surface area contributed by atoms with Gasteiger partial charge in [-0.2, -0.15) is 18.3 Å². The molecule has 2 aromatic carbocycles. The fraction of sp³-hybridized carbons (Fsp3) is 0.280. The third-order valence-corrected chi connectivity index (χ3v) is 5.95. The van der Waals surface area contributed by atoms with Crippen LogP contribution in [0.25, 0.3) is 11.0 Å². The summed E-state index contributed by atoms with van der Waals surface area (Å²) in [7, 11) is 0. The number of nitrogens with zero attached hydrogens (tertiary/aromatic N) is 4. The monoisotopic (exact) mass is 513 g/mol. The van der Waals surface area contributed by atoms with E-state index in [4.69, 9.17) is 9.47 Å². The van der Waals surface area contributed by atoms with Crippen LogP contribution >= 0.6 is 0 Å². The van der Waals surface area contributed by atoms with Crippen LogP contribution in [0.2, 0.25) is 0 Å². The molecule has 0 saturated heterocycles. The second-order valence-corrected chi connectivity index (χ2v) is 8.58. The standard InChI is InChI=1S/C25H22F3N5O4/c1-15-21(37-20-8-3-2-7-19(20)36-15)23(34)29-9-10-33-22-18(12-31-33)24(35)32(14-30-22)13-16-5-4-6-17(11-16)25(26,27)28/h2-8,11-12,14-15,21H,9-10,13H2,1H3,(H,29,34). The lowest BCUT2D eigenvalue weighted by Crippen LogP contribution is -2.49. The number of carbonyl (C=O) groups is 1. The minimum Gasteiger partial charge on any atom is -0.482 e. The van der Waals surface area contributed by atoms with Crippen LogP contribution in [-0.2, 0) is 24.1 Å². The van der Waals surface area contributed by atoms with Gasteiger partial charge in [-0.1, -0.05) is 24.3 Å². The summed E-state index contributed by atoms with van der Waals surface area (Å²) in [4.78, 5) is 29.9. The lowest BCUT2D eigenvalue weighted by Gasteiger charge is -2.31. The van der Waals surface area contributed by atoms with Gasteiger partial charge >= 0.3 is 6.18 Å². The molecule has 1 aliphatic rings. The van der Waals surface area contributed by atoms with Gasteiger partial charge in [-0.3, -0.25) is 14.2 Å². The smallest absolute Gasteiger partial charge is 0.416 e. The Kier molecular flexibility index (Phi) is 6.32. The topological polar surface area (TPSA) is 100 Å². The molecule has 12 heteroatoms. The van der Waals surface area contributed by atoms with E-state index in [2.05, 4.69) is 15.4 Å². The zero-order valence-electron chi connectivity index (χ0n) is 19.6. The summed E-state index contributed by atoms with van der Waals surface area (Å²) in [5, 5.41) is 7.19. The molecule has 3 heterocycles. The molecular formula is C25H22F3N5O4. The molecule has 0 radical (unpaired) electrons.